The SMILES string of the molecule is CNCCC(c1ccccc1)c1sccc1-c1cc(C)ccc1C. The summed E-state index contributed by atoms with van der Waals surface area (Å²) < 4.78 is 0. The van der Waals surface area contributed by atoms with Gasteiger partial charge in [0.05, 0.1) is 0 Å². The van der Waals surface area contributed by atoms with Gasteiger partial charge in [0.2, 0.25) is 0 Å². The molecule has 124 valence electrons. The van der Waals surface area contributed by atoms with E-state index >= 15 is 0 Å². The van der Waals surface area contributed by atoms with Crippen LogP contribution in [-0.2, 0) is 0 Å². The molecular formula is C22H25NS. The third-order valence-electron chi connectivity index (χ3n) is 4.58. The van der Waals surface area contributed by atoms with Crippen LogP contribution < -0.4 is 5.32 Å². The predicted molar refractivity (Wildman–Crippen MR) is 106 cm³/mol. The van der Waals surface area contributed by atoms with E-state index in [0.717, 1.165) is 13.0 Å². The van der Waals surface area contributed by atoms with Crippen LogP contribution in [0.15, 0.2) is 60.0 Å². The highest BCUT2D eigenvalue weighted by Gasteiger charge is 2.20. The van der Waals surface area contributed by atoms with Gasteiger partial charge in [-0.1, -0.05) is 54.1 Å². The van der Waals surface area contributed by atoms with Crippen LogP contribution in [0.4, 0.5) is 0 Å². The van der Waals surface area contributed by atoms with Crippen molar-refractivity contribution in [1.82, 2.24) is 5.32 Å². The van der Waals surface area contributed by atoms with Crippen LogP contribution in [-0.4, -0.2) is 13.6 Å². The second-order valence-electron chi connectivity index (χ2n) is 6.37. The topological polar surface area (TPSA) is 12.0 Å². The van der Waals surface area contributed by atoms with Crippen LogP contribution in [0.3, 0.4) is 0 Å². The molecular weight excluding hydrogens is 310 g/mol. The van der Waals surface area contributed by atoms with Gasteiger partial charge in [-0.25, -0.2) is 0 Å². The molecule has 3 rings (SSSR count). The molecule has 0 bridgehead atoms. The van der Waals surface area contributed by atoms with E-state index < -0.39 is 0 Å². The molecule has 3 aromatic rings. The zero-order valence-electron chi connectivity index (χ0n) is 14.7. The van der Waals surface area contributed by atoms with Crippen molar-refractivity contribution in [3.05, 3.63) is 81.5 Å². The van der Waals surface area contributed by atoms with E-state index in [1.54, 1.807) is 0 Å². The molecule has 0 radical (unpaired) electrons. The summed E-state index contributed by atoms with van der Waals surface area (Å²) in [7, 11) is 2.03. The summed E-state index contributed by atoms with van der Waals surface area (Å²) in [6, 6.07) is 19.9. The normalized spacial score (nSPS) is 12.3. The quantitative estimate of drug-likeness (QED) is 0.602. The Morgan fingerprint density at radius 1 is 0.958 bits per heavy atom. The molecule has 0 amide bonds. The maximum absolute atomic E-state index is 3.31. The lowest BCUT2D eigenvalue weighted by atomic mass is 9.89. The number of hydrogen-bond acceptors (Lipinski definition) is 2. The van der Waals surface area contributed by atoms with Gasteiger partial charge in [-0.15, -0.1) is 11.3 Å². The van der Waals surface area contributed by atoms with E-state index in [2.05, 4.69) is 79.1 Å². The minimum absolute atomic E-state index is 0.438. The monoisotopic (exact) mass is 335 g/mol. The summed E-state index contributed by atoms with van der Waals surface area (Å²) >= 11 is 1.88. The van der Waals surface area contributed by atoms with Gasteiger partial charge in [-0.2, -0.15) is 0 Å². The van der Waals surface area contributed by atoms with Gasteiger partial charge in [-0.05, 0) is 67.6 Å². The lowest BCUT2D eigenvalue weighted by Gasteiger charge is -2.19. The fourth-order valence-corrected chi connectivity index (χ4v) is 4.34. The summed E-state index contributed by atoms with van der Waals surface area (Å²) in [6.45, 7) is 5.40. The molecule has 1 aromatic heterocycles. The first kappa shape index (κ1) is 16.9. The average Bonchev–Trinajstić information content (AvgIpc) is 3.07. The first-order valence-corrected chi connectivity index (χ1v) is 9.43. The van der Waals surface area contributed by atoms with Gasteiger partial charge >= 0.3 is 0 Å². The maximum atomic E-state index is 3.31. The van der Waals surface area contributed by atoms with Crippen molar-refractivity contribution in [2.75, 3.05) is 13.6 Å². The third-order valence-corrected chi connectivity index (χ3v) is 5.61. The highest BCUT2D eigenvalue weighted by molar-refractivity contribution is 7.10. The van der Waals surface area contributed by atoms with Gasteiger partial charge in [0.1, 0.15) is 0 Å². The molecule has 0 fully saturated rings. The van der Waals surface area contributed by atoms with Gasteiger partial charge in [0.15, 0.2) is 0 Å². The fraction of sp³-hybridized carbons (Fsp3) is 0.273. The van der Waals surface area contributed by atoms with Crippen LogP contribution in [0.1, 0.15) is 33.9 Å². The molecule has 2 aromatic carbocycles. The van der Waals surface area contributed by atoms with Gasteiger partial charge in [0.25, 0.3) is 0 Å². The van der Waals surface area contributed by atoms with E-state index in [4.69, 9.17) is 0 Å². The second-order valence-corrected chi connectivity index (χ2v) is 7.32. The highest BCUT2D eigenvalue weighted by atomic mass is 32.1. The zero-order valence-corrected chi connectivity index (χ0v) is 15.5. The number of aryl methyl sites for hydroxylation is 2. The van der Waals surface area contributed by atoms with Crippen LogP contribution in [0, 0.1) is 13.8 Å². The molecule has 1 atom stereocenters. The van der Waals surface area contributed by atoms with Crippen molar-refractivity contribution in [3.63, 3.8) is 0 Å². The Morgan fingerprint density at radius 2 is 1.75 bits per heavy atom. The number of nitrogens with one attached hydrogen (secondary N) is 1. The molecule has 0 spiro atoms. The molecule has 0 aliphatic heterocycles. The summed E-state index contributed by atoms with van der Waals surface area (Å²) in [4.78, 5) is 1.48. The lowest BCUT2D eigenvalue weighted by molar-refractivity contribution is 0.669. The maximum Gasteiger partial charge on any atom is 0.0202 e. The molecule has 24 heavy (non-hydrogen) atoms. The average molecular weight is 336 g/mol. The highest BCUT2D eigenvalue weighted by Crippen LogP contribution is 2.40. The van der Waals surface area contributed by atoms with Crippen molar-refractivity contribution >= 4 is 11.3 Å². The largest absolute Gasteiger partial charge is 0.320 e. The predicted octanol–water partition coefficient (Wildman–Crippen LogP) is 5.77. The molecule has 0 aliphatic rings. The summed E-state index contributed by atoms with van der Waals surface area (Å²) in [5, 5.41) is 5.55. The molecule has 0 saturated carbocycles. The lowest BCUT2D eigenvalue weighted by Crippen LogP contribution is -2.13. The standard InChI is InChI=1S/C22H25NS/c1-16-9-10-17(2)21(15-16)20-12-14-24-22(20)19(11-13-23-3)18-7-5-4-6-8-18/h4-10,12,14-15,19,23H,11,13H2,1-3H3. The summed E-state index contributed by atoms with van der Waals surface area (Å²) in [6.07, 6.45) is 1.11. The van der Waals surface area contributed by atoms with Crippen molar-refractivity contribution < 1.29 is 0 Å². The van der Waals surface area contributed by atoms with Crippen molar-refractivity contribution in [1.29, 1.82) is 0 Å². The Kier molecular flexibility index (Phi) is 5.49. The van der Waals surface area contributed by atoms with Crippen LogP contribution >= 0.6 is 11.3 Å². The molecule has 2 heteroatoms. The Hall–Kier alpha value is -1.90. The Labute approximate surface area is 149 Å². The van der Waals surface area contributed by atoms with Crippen molar-refractivity contribution in [2.24, 2.45) is 0 Å². The van der Waals surface area contributed by atoms with Gasteiger partial charge < -0.3 is 5.32 Å². The van der Waals surface area contributed by atoms with Crippen LogP contribution in [0.2, 0.25) is 0 Å². The minimum Gasteiger partial charge on any atom is -0.320 e. The number of hydrogen-bond donors (Lipinski definition) is 1. The van der Waals surface area contributed by atoms with E-state index in [1.807, 2.05) is 18.4 Å². The molecule has 1 heterocycles. The fourth-order valence-electron chi connectivity index (χ4n) is 3.26. The number of thiophene rings is 1. The first-order chi connectivity index (χ1) is 11.7. The van der Waals surface area contributed by atoms with Crippen molar-refractivity contribution in [3.8, 4) is 11.1 Å². The van der Waals surface area contributed by atoms with Crippen LogP contribution in [0.25, 0.3) is 11.1 Å². The van der Waals surface area contributed by atoms with E-state index in [0.29, 0.717) is 5.92 Å². The number of rotatable bonds is 6. The second kappa shape index (κ2) is 7.78. The van der Waals surface area contributed by atoms with Gasteiger partial charge in [-0.3, -0.25) is 0 Å². The van der Waals surface area contributed by atoms with Gasteiger partial charge in [0, 0.05) is 10.8 Å². The zero-order chi connectivity index (χ0) is 16.9. The van der Waals surface area contributed by atoms with Crippen LogP contribution in [0.5, 0.6) is 0 Å². The third kappa shape index (κ3) is 3.61. The first-order valence-electron chi connectivity index (χ1n) is 8.55. The minimum atomic E-state index is 0.438. The molecule has 1 unspecified atom stereocenters. The Bertz CT molecular complexity index is 789. The summed E-state index contributed by atoms with van der Waals surface area (Å²) in [5.41, 5.74) is 6.84. The molecule has 0 aliphatic carbocycles. The molecule has 1 N–H and O–H groups in total. The van der Waals surface area contributed by atoms with E-state index in [-0.39, 0.29) is 0 Å². The molecule has 0 saturated heterocycles. The smallest absolute Gasteiger partial charge is 0.0202 e. The van der Waals surface area contributed by atoms with E-state index in [1.165, 1.54) is 32.7 Å². The summed E-state index contributed by atoms with van der Waals surface area (Å²) in [5.74, 6) is 0.438. The molecule has 1 nitrogen and oxygen atoms in total. The van der Waals surface area contributed by atoms with Crippen molar-refractivity contribution in [2.45, 2.75) is 26.2 Å². The number of benzene rings is 2. The van der Waals surface area contributed by atoms with E-state index in [9.17, 15) is 0 Å². The Balaban J connectivity index is 2.07. The Morgan fingerprint density at radius 3 is 2.50 bits per heavy atom.